The minimum absolute atomic E-state index is 0.0195. The Morgan fingerprint density at radius 2 is 1.62 bits per heavy atom. The van der Waals surface area contributed by atoms with Gasteiger partial charge in [0.2, 0.25) is 5.82 Å². The number of benzene rings is 2. The minimum Gasteiger partial charge on any atom is -0.463 e. The van der Waals surface area contributed by atoms with Crippen molar-refractivity contribution in [2.45, 2.75) is 0 Å². The maximum Gasteiger partial charge on any atom is 0.376 e. The molecule has 0 aliphatic carbocycles. The van der Waals surface area contributed by atoms with Crippen LogP contribution in [0.15, 0.2) is 67.3 Å². The zero-order valence-corrected chi connectivity index (χ0v) is 15.8. The van der Waals surface area contributed by atoms with Crippen LogP contribution in [-0.2, 0) is 4.74 Å². The lowest BCUT2D eigenvalue weighted by Crippen LogP contribution is -2.11. The van der Waals surface area contributed by atoms with Crippen LogP contribution in [0.3, 0.4) is 0 Å². The fourth-order valence-corrected chi connectivity index (χ4v) is 2.82. The Morgan fingerprint density at radius 3 is 2.34 bits per heavy atom. The predicted molar refractivity (Wildman–Crippen MR) is 107 cm³/mol. The average Bonchev–Trinajstić information content (AvgIpc) is 2.78. The Labute approximate surface area is 166 Å². The summed E-state index contributed by atoms with van der Waals surface area (Å²) in [5.41, 5.74) is 1.83. The van der Waals surface area contributed by atoms with Gasteiger partial charge in [0.25, 0.3) is 0 Å². The number of rotatable bonds is 5. The van der Waals surface area contributed by atoms with E-state index in [1.165, 1.54) is 19.5 Å². The fourth-order valence-electron chi connectivity index (χ4n) is 2.82. The van der Waals surface area contributed by atoms with Crippen molar-refractivity contribution in [2.75, 3.05) is 19.1 Å². The second kappa shape index (κ2) is 7.89. The SMILES string of the molecule is COC(=O)c1ncc(Oc2ccc(N(C)c3ncnc4ccccc34)cc2)cn1. The van der Waals surface area contributed by atoms with Crippen LogP contribution in [0.2, 0.25) is 0 Å². The third-order valence-corrected chi connectivity index (χ3v) is 4.30. The quantitative estimate of drug-likeness (QED) is 0.478. The Bertz CT molecular complexity index is 1140. The number of carbonyl (C=O) groups is 1. The number of hydrogen-bond acceptors (Lipinski definition) is 8. The highest BCUT2D eigenvalue weighted by molar-refractivity contribution is 5.91. The summed E-state index contributed by atoms with van der Waals surface area (Å²) in [5, 5.41) is 0.973. The number of esters is 1. The summed E-state index contributed by atoms with van der Waals surface area (Å²) in [6.07, 6.45) is 4.41. The first-order valence-electron chi connectivity index (χ1n) is 8.77. The molecule has 0 aliphatic rings. The van der Waals surface area contributed by atoms with Gasteiger partial charge in [-0.15, -0.1) is 0 Å². The zero-order chi connectivity index (χ0) is 20.2. The molecule has 29 heavy (non-hydrogen) atoms. The van der Waals surface area contributed by atoms with Crippen molar-refractivity contribution in [3.63, 3.8) is 0 Å². The number of anilines is 2. The van der Waals surface area contributed by atoms with Gasteiger partial charge < -0.3 is 14.4 Å². The summed E-state index contributed by atoms with van der Waals surface area (Å²) < 4.78 is 10.3. The molecule has 0 aliphatic heterocycles. The van der Waals surface area contributed by atoms with Gasteiger partial charge in [-0.05, 0) is 36.4 Å². The van der Waals surface area contributed by atoms with E-state index in [2.05, 4.69) is 24.7 Å². The van der Waals surface area contributed by atoms with Crippen molar-refractivity contribution >= 4 is 28.4 Å². The van der Waals surface area contributed by atoms with E-state index in [0.717, 1.165) is 22.4 Å². The maximum absolute atomic E-state index is 11.4. The third-order valence-electron chi connectivity index (χ3n) is 4.30. The van der Waals surface area contributed by atoms with Crippen molar-refractivity contribution < 1.29 is 14.3 Å². The molecule has 2 aromatic carbocycles. The third kappa shape index (κ3) is 3.81. The highest BCUT2D eigenvalue weighted by Gasteiger charge is 2.11. The molecule has 0 amide bonds. The van der Waals surface area contributed by atoms with E-state index in [0.29, 0.717) is 11.5 Å². The van der Waals surface area contributed by atoms with Gasteiger partial charge in [0.1, 0.15) is 17.9 Å². The Kier molecular flexibility index (Phi) is 4.98. The Morgan fingerprint density at radius 1 is 0.897 bits per heavy atom. The molecule has 2 aromatic heterocycles. The van der Waals surface area contributed by atoms with Gasteiger partial charge in [0.15, 0.2) is 5.75 Å². The summed E-state index contributed by atoms with van der Waals surface area (Å²) in [6, 6.07) is 15.4. The molecule has 2 heterocycles. The smallest absolute Gasteiger partial charge is 0.376 e. The minimum atomic E-state index is -0.596. The average molecular weight is 387 g/mol. The van der Waals surface area contributed by atoms with Crippen LogP contribution in [0, 0.1) is 0 Å². The molecule has 0 saturated heterocycles. The summed E-state index contributed by atoms with van der Waals surface area (Å²) in [4.78, 5) is 30.0. The van der Waals surface area contributed by atoms with Crippen LogP contribution < -0.4 is 9.64 Å². The first-order valence-corrected chi connectivity index (χ1v) is 8.77. The van der Waals surface area contributed by atoms with Crippen LogP contribution >= 0.6 is 0 Å². The predicted octanol–water partition coefficient (Wildman–Crippen LogP) is 3.77. The second-order valence-corrected chi connectivity index (χ2v) is 6.10. The van der Waals surface area contributed by atoms with Crippen molar-refractivity contribution in [2.24, 2.45) is 0 Å². The number of hydrogen-bond donors (Lipinski definition) is 0. The first kappa shape index (κ1) is 18.3. The molecule has 0 atom stereocenters. The molecule has 0 N–H and O–H groups in total. The van der Waals surface area contributed by atoms with Gasteiger partial charge >= 0.3 is 5.97 Å². The monoisotopic (exact) mass is 387 g/mol. The van der Waals surface area contributed by atoms with Crippen molar-refractivity contribution in [3.8, 4) is 11.5 Å². The summed E-state index contributed by atoms with van der Waals surface area (Å²) >= 11 is 0. The number of nitrogens with zero attached hydrogens (tertiary/aromatic N) is 5. The van der Waals surface area contributed by atoms with E-state index >= 15 is 0 Å². The van der Waals surface area contributed by atoms with Crippen molar-refractivity contribution in [3.05, 3.63) is 73.1 Å². The first-order chi connectivity index (χ1) is 14.2. The number of aromatic nitrogens is 4. The molecule has 4 rings (SSSR count). The molecule has 8 heteroatoms. The number of carbonyl (C=O) groups excluding carboxylic acids is 1. The molecule has 144 valence electrons. The molecule has 0 unspecified atom stereocenters. The maximum atomic E-state index is 11.4. The van der Waals surface area contributed by atoms with Crippen LogP contribution in [-0.4, -0.2) is 40.1 Å². The number of fused-ring (bicyclic) bond motifs is 1. The highest BCUT2D eigenvalue weighted by Crippen LogP contribution is 2.30. The van der Waals surface area contributed by atoms with E-state index in [9.17, 15) is 4.79 Å². The van der Waals surface area contributed by atoms with Crippen LogP contribution in [0.1, 0.15) is 10.6 Å². The number of methoxy groups -OCH3 is 1. The molecule has 0 spiro atoms. The number of para-hydroxylation sites is 1. The van der Waals surface area contributed by atoms with E-state index in [4.69, 9.17) is 4.74 Å². The molecule has 4 aromatic rings. The molecule has 0 radical (unpaired) electrons. The molecule has 8 nitrogen and oxygen atoms in total. The zero-order valence-electron chi connectivity index (χ0n) is 15.8. The largest absolute Gasteiger partial charge is 0.463 e. The van der Waals surface area contributed by atoms with Crippen LogP contribution in [0.4, 0.5) is 11.5 Å². The molecular weight excluding hydrogens is 370 g/mol. The van der Waals surface area contributed by atoms with Gasteiger partial charge in [-0.2, -0.15) is 0 Å². The normalized spacial score (nSPS) is 10.6. The Balaban J connectivity index is 1.52. The van der Waals surface area contributed by atoms with E-state index in [-0.39, 0.29) is 5.82 Å². The Hall–Kier alpha value is -4.07. The topological polar surface area (TPSA) is 90.3 Å². The van der Waals surface area contributed by atoms with Gasteiger partial charge in [-0.1, -0.05) is 12.1 Å². The van der Waals surface area contributed by atoms with E-state index < -0.39 is 5.97 Å². The lowest BCUT2D eigenvalue weighted by molar-refractivity contribution is 0.0586. The van der Waals surface area contributed by atoms with Gasteiger partial charge in [0.05, 0.1) is 25.0 Å². The standard InChI is InChI=1S/C21H17N5O3/c1-26(20-17-5-3-4-6-18(17)24-13-25-20)14-7-9-15(10-8-14)29-16-11-22-19(23-12-16)21(27)28-2/h3-13H,1-2H3. The number of ether oxygens (including phenoxy) is 2. The summed E-state index contributed by atoms with van der Waals surface area (Å²) in [7, 11) is 3.23. The van der Waals surface area contributed by atoms with Crippen molar-refractivity contribution in [1.29, 1.82) is 0 Å². The van der Waals surface area contributed by atoms with Gasteiger partial charge in [-0.25, -0.2) is 24.7 Å². The summed E-state index contributed by atoms with van der Waals surface area (Å²) in [6.45, 7) is 0. The molecule has 0 saturated carbocycles. The summed E-state index contributed by atoms with van der Waals surface area (Å²) in [5.74, 6) is 1.23. The fraction of sp³-hybridized carbons (Fsp3) is 0.0952. The molecule has 0 fully saturated rings. The van der Waals surface area contributed by atoms with Crippen LogP contribution in [0.5, 0.6) is 11.5 Å². The van der Waals surface area contributed by atoms with Gasteiger partial charge in [0, 0.05) is 18.1 Å². The van der Waals surface area contributed by atoms with Crippen LogP contribution in [0.25, 0.3) is 10.9 Å². The lowest BCUT2D eigenvalue weighted by Gasteiger charge is -2.20. The van der Waals surface area contributed by atoms with E-state index in [1.807, 2.05) is 60.5 Å². The highest BCUT2D eigenvalue weighted by atomic mass is 16.5. The van der Waals surface area contributed by atoms with Gasteiger partial charge in [-0.3, -0.25) is 0 Å². The molecular formula is C21H17N5O3. The second-order valence-electron chi connectivity index (χ2n) is 6.10. The van der Waals surface area contributed by atoms with Crippen molar-refractivity contribution in [1.82, 2.24) is 19.9 Å². The molecule has 0 bridgehead atoms. The van der Waals surface area contributed by atoms with E-state index in [1.54, 1.807) is 6.33 Å². The lowest BCUT2D eigenvalue weighted by atomic mass is 10.2.